The molecule has 7 nitrogen and oxygen atoms in total. The van der Waals surface area contributed by atoms with Crippen molar-refractivity contribution in [1.29, 1.82) is 0 Å². The van der Waals surface area contributed by atoms with Crippen LogP contribution in [0.5, 0.6) is 0 Å². The van der Waals surface area contributed by atoms with E-state index in [4.69, 9.17) is 11.6 Å². The lowest BCUT2D eigenvalue weighted by molar-refractivity contribution is -0.119. The zero-order valence-corrected chi connectivity index (χ0v) is 16.8. The Morgan fingerprint density at radius 3 is 3.03 bits per heavy atom. The maximum atomic E-state index is 14.3. The summed E-state index contributed by atoms with van der Waals surface area (Å²) >= 11 is 6.05. The van der Waals surface area contributed by atoms with Crippen molar-refractivity contribution in [3.63, 3.8) is 0 Å². The second-order valence-corrected chi connectivity index (χ2v) is 7.89. The predicted molar refractivity (Wildman–Crippen MR) is 110 cm³/mol. The van der Waals surface area contributed by atoms with E-state index in [1.54, 1.807) is 18.5 Å². The van der Waals surface area contributed by atoms with E-state index in [2.05, 4.69) is 30.6 Å². The molecule has 0 aliphatic heterocycles. The van der Waals surface area contributed by atoms with Gasteiger partial charge in [-0.2, -0.15) is 0 Å². The van der Waals surface area contributed by atoms with Gasteiger partial charge in [0.2, 0.25) is 5.91 Å². The van der Waals surface area contributed by atoms with Crippen LogP contribution in [0.1, 0.15) is 32.6 Å². The summed E-state index contributed by atoms with van der Waals surface area (Å²) in [6, 6.07) is 1.96. The molecule has 0 spiro atoms. The van der Waals surface area contributed by atoms with Gasteiger partial charge in [0.25, 0.3) is 0 Å². The highest BCUT2D eigenvalue weighted by Gasteiger charge is 2.23. The first-order valence-electron chi connectivity index (χ1n) is 9.66. The smallest absolute Gasteiger partial charge is 0.217 e. The first-order chi connectivity index (χ1) is 14.0. The molecule has 2 atom stereocenters. The van der Waals surface area contributed by atoms with Crippen molar-refractivity contribution in [2.45, 2.75) is 38.6 Å². The van der Waals surface area contributed by atoms with Crippen LogP contribution in [0.3, 0.4) is 0 Å². The third kappa shape index (κ3) is 4.48. The number of halogens is 2. The number of hydrogen-bond acceptors (Lipinski definition) is 5. The Morgan fingerprint density at radius 2 is 2.21 bits per heavy atom. The molecule has 1 aliphatic carbocycles. The van der Waals surface area contributed by atoms with E-state index in [-0.39, 0.29) is 17.8 Å². The number of anilines is 1. The summed E-state index contributed by atoms with van der Waals surface area (Å²) in [7, 11) is 0. The van der Waals surface area contributed by atoms with Crippen LogP contribution in [0, 0.1) is 11.7 Å². The molecule has 3 heterocycles. The van der Waals surface area contributed by atoms with E-state index < -0.39 is 5.82 Å². The Kier molecular flexibility index (Phi) is 5.62. The Morgan fingerprint density at radius 1 is 1.34 bits per heavy atom. The zero-order chi connectivity index (χ0) is 20.4. The highest BCUT2D eigenvalue weighted by atomic mass is 35.5. The highest BCUT2D eigenvalue weighted by Crippen LogP contribution is 2.29. The first-order valence-corrected chi connectivity index (χ1v) is 10.0. The average molecular weight is 417 g/mol. The molecule has 1 saturated carbocycles. The summed E-state index contributed by atoms with van der Waals surface area (Å²) in [5.74, 6) is 0.391. The molecule has 29 heavy (non-hydrogen) atoms. The maximum Gasteiger partial charge on any atom is 0.217 e. The van der Waals surface area contributed by atoms with Gasteiger partial charge >= 0.3 is 0 Å². The van der Waals surface area contributed by atoms with E-state index in [0.29, 0.717) is 34.5 Å². The molecule has 3 N–H and O–H groups in total. The molecule has 1 fully saturated rings. The Balaban J connectivity index is 1.50. The quantitative estimate of drug-likeness (QED) is 0.586. The predicted octanol–water partition coefficient (Wildman–Crippen LogP) is 3.92. The zero-order valence-electron chi connectivity index (χ0n) is 16.0. The van der Waals surface area contributed by atoms with Crippen molar-refractivity contribution >= 4 is 34.4 Å². The van der Waals surface area contributed by atoms with Crippen LogP contribution in [-0.2, 0) is 4.79 Å². The fourth-order valence-electron chi connectivity index (χ4n) is 3.92. The van der Waals surface area contributed by atoms with Crippen molar-refractivity contribution in [3.8, 4) is 11.4 Å². The Labute approximate surface area is 172 Å². The monoisotopic (exact) mass is 416 g/mol. The number of carbonyl (C=O) groups is 1. The van der Waals surface area contributed by atoms with Gasteiger partial charge in [-0.05, 0) is 31.2 Å². The lowest BCUT2D eigenvalue weighted by Crippen LogP contribution is -2.38. The molecular formula is C20H22ClFN6O. The fraction of sp³-hybridized carbons (Fsp3) is 0.400. The average Bonchev–Trinajstić information content (AvgIpc) is 3.10. The van der Waals surface area contributed by atoms with Crippen molar-refractivity contribution in [2.24, 2.45) is 5.92 Å². The summed E-state index contributed by atoms with van der Waals surface area (Å²) in [4.78, 5) is 27.1. The number of aromatic nitrogens is 4. The van der Waals surface area contributed by atoms with Gasteiger partial charge in [-0.1, -0.05) is 18.0 Å². The third-order valence-electron chi connectivity index (χ3n) is 5.23. The molecule has 4 rings (SSSR count). The van der Waals surface area contributed by atoms with E-state index in [1.165, 1.54) is 13.1 Å². The lowest BCUT2D eigenvalue weighted by Gasteiger charge is -2.29. The third-order valence-corrected chi connectivity index (χ3v) is 5.44. The standard InChI is InChI=1S/C20H22ClFN6O/c1-11(29)27-14-4-2-3-12(5-14)7-23-20-17(22)10-26-19(28-20)16-9-25-18-15(16)6-13(21)8-24-18/h6,8-10,12,14H,2-5,7H2,1H3,(H,24,25)(H,27,29)(H,23,26,28). The van der Waals surface area contributed by atoms with Gasteiger partial charge in [0.1, 0.15) is 5.65 Å². The molecule has 152 valence electrons. The van der Waals surface area contributed by atoms with Crippen LogP contribution in [0.25, 0.3) is 22.4 Å². The fourth-order valence-corrected chi connectivity index (χ4v) is 4.08. The first kappa shape index (κ1) is 19.6. The van der Waals surface area contributed by atoms with E-state index in [1.807, 2.05) is 0 Å². The molecular weight excluding hydrogens is 395 g/mol. The number of rotatable bonds is 5. The molecule has 1 aliphatic rings. The number of H-pyrrole nitrogens is 1. The molecule has 1 amide bonds. The number of nitrogens with one attached hydrogen (secondary N) is 3. The summed E-state index contributed by atoms with van der Waals surface area (Å²) in [6.07, 6.45) is 8.40. The van der Waals surface area contributed by atoms with Gasteiger partial charge in [0.15, 0.2) is 17.5 Å². The molecule has 0 saturated heterocycles. The maximum absolute atomic E-state index is 14.3. The highest BCUT2D eigenvalue weighted by molar-refractivity contribution is 6.31. The minimum absolute atomic E-state index is 0.0107. The minimum Gasteiger partial charge on any atom is -0.367 e. The Hall–Kier alpha value is -2.74. The SMILES string of the molecule is CC(=O)NC1CCCC(CNc2nc(-c3c[nH]c4ncc(Cl)cc34)ncc2F)C1. The van der Waals surface area contributed by atoms with Crippen LogP contribution in [0.4, 0.5) is 10.2 Å². The summed E-state index contributed by atoms with van der Waals surface area (Å²) in [5, 5.41) is 7.39. The number of amides is 1. The topological polar surface area (TPSA) is 95.6 Å². The summed E-state index contributed by atoms with van der Waals surface area (Å²) < 4.78 is 14.3. The largest absolute Gasteiger partial charge is 0.367 e. The molecule has 3 aromatic heterocycles. The number of hydrogen-bond donors (Lipinski definition) is 3. The molecule has 0 radical (unpaired) electrons. The minimum atomic E-state index is -0.501. The molecule has 0 aromatic carbocycles. The van der Waals surface area contributed by atoms with Gasteiger partial charge in [0.05, 0.1) is 11.2 Å². The van der Waals surface area contributed by atoms with Crippen LogP contribution in [0.2, 0.25) is 5.02 Å². The second-order valence-electron chi connectivity index (χ2n) is 7.45. The van der Waals surface area contributed by atoms with E-state index >= 15 is 0 Å². The van der Waals surface area contributed by atoms with E-state index in [0.717, 1.165) is 31.1 Å². The van der Waals surface area contributed by atoms with Gasteiger partial charge in [-0.15, -0.1) is 0 Å². The molecule has 0 bridgehead atoms. The van der Waals surface area contributed by atoms with Crippen LogP contribution in [-0.4, -0.2) is 38.4 Å². The summed E-state index contributed by atoms with van der Waals surface area (Å²) in [6.45, 7) is 2.12. The molecule has 2 unspecified atom stereocenters. The van der Waals surface area contributed by atoms with E-state index in [9.17, 15) is 9.18 Å². The van der Waals surface area contributed by atoms with Gasteiger partial charge in [-0.25, -0.2) is 19.3 Å². The molecule has 9 heteroatoms. The van der Waals surface area contributed by atoms with Crippen LogP contribution >= 0.6 is 11.6 Å². The number of fused-ring (bicyclic) bond motifs is 1. The van der Waals surface area contributed by atoms with Crippen molar-refractivity contribution in [3.05, 3.63) is 35.5 Å². The van der Waals surface area contributed by atoms with Gasteiger partial charge in [0, 0.05) is 42.9 Å². The van der Waals surface area contributed by atoms with Crippen molar-refractivity contribution < 1.29 is 9.18 Å². The number of nitrogens with zero attached hydrogens (tertiary/aromatic N) is 3. The lowest BCUT2D eigenvalue weighted by atomic mass is 9.85. The normalized spacial score (nSPS) is 19.3. The number of pyridine rings is 1. The van der Waals surface area contributed by atoms with Crippen molar-refractivity contribution in [1.82, 2.24) is 25.3 Å². The van der Waals surface area contributed by atoms with Crippen LogP contribution in [0.15, 0.2) is 24.7 Å². The van der Waals surface area contributed by atoms with Crippen molar-refractivity contribution in [2.75, 3.05) is 11.9 Å². The Bertz CT molecular complexity index is 1040. The van der Waals surface area contributed by atoms with Gasteiger partial charge in [-0.3, -0.25) is 4.79 Å². The van der Waals surface area contributed by atoms with Crippen LogP contribution < -0.4 is 10.6 Å². The molecule has 3 aromatic rings. The summed E-state index contributed by atoms with van der Waals surface area (Å²) in [5.41, 5.74) is 1.37. The van der Waals surface area contributed by atoms with Gasteiger partial charge < -0.3 is 15.6 Å². The number of carbonyl (C=O) groups excluding carboxylic acids is 1. The second kappa shape index (κ2) is 8.32. The number of aromatic amines is 1.